The minimum atomic E-state index is -0.549. The van der Waals surface area contributed by atoms with Crippen LogP contribution in [0.3, 0.4) is 0 Å². The number of nitrogens with one attached hydrogen (secondary N) is 1. The second-order valence-electron chi connectivity index (χ2n) is 6.63. The maximum Gasteiger partial charge on any atom is 0.144 e. The van der Waals surface area contributed by atoms with Crippen molar-refractivity contribution in [2.75, 3.05) is 13.2 Å². The number of aliphatic hydroxyl groups excluding tert-OH is 1. The lowest BCUT2D eigenvalue weighted by atomic mass is 9.90. The van der Waals surface area contributed by atoms with Gasteiger partial charge in [0, 0.05) is 17.6 Å². The van der Waals surface area contributed by atoms with Crippen LogP contribution in [0.2, 0.25) is 0 Å². The molecule has 0 radical (unpaired) electrons. The second-order valence-corrected chi connectivity index (χ2v) is 6.63. The maximum atomic E-state index is 9.88. The van der Waals surface area contributed by atoms with Crippen molar-refractivity contribution < 1.29 is 9.94 Å². The molecule has 0 saturated carbocycles. The van der Waals surface area contributed by atoms with E-state index in [1.807, 2.05) is 6.07 Å². The van der Waals surface area contributed by atoms with Gasteiger partial charge in [0.1, 0.15) is 12.7 Å². The Labute approximate surface area is 127 Å². The number of aryl methyl sites for hydroxylation is 1. The summed E-state index contributed by atoms with van der Waals surface area (Å²) < 4.78 is 0. The van der Waals surface area contributed by atoms with Gasteiger partial charge in [0.15, 0.2) is 0 Å². The lowest BCUT2D eigenvalue weighted by molar-refractivity contribution is 0.0370. The first-order chi connectivity index (χ1) is 9.96. The number of benzene rings is 1. The molecule has 1 atom stereocenters. The van der Waals surface area contributed by atoms with Crippen LogP contribution in [0.4, 0.5) is 0 Å². The Balaban J connectivity index is 1.85. The molecule has 2 N–H and O–H groups in total. The van der Waals surface area contributed by atoms with Crippen molar-refractivity contribution in [2.45, 2.75) is 51.7 Å². The van der Waals surface area contributed by atoms with Crippen molar-refractivity contribution in [3.63, 3.8) is 0 Å². The lowest BCUT2D eigenvalue weighted by Crippen LogP contribution is -2.42. The third-order valence-electron chi connectivity index (χ3n) is 3.50. The van der Waals surface area contributed by atoms with Crippen LogP contribution in [-0.2, 0) is 11.3 Å². The van der Waals surface area contributed by atoms with Gasteiger partial charge in [0.25, 0.3) is 0 Å². The summed E-state index contributed by atoms with van der Waals surface area (Å²) in [6.07, 6.45) is 2.60. The van der Waals surface area contributed by atoms with Crippen molar-refractivity contribution >= 4 is 5.71 Å². The number of hydrogen-bond donors (Lipinski definition) is 2. The maximum absolute atomic E-state index is 9.88. The third-order valence-corrected chi connectivity index (χ3v) is 3.50. The lowest BCUT2D eigenvalue weighted by Gasteiger charge is -2.22. The molecule has 0 heterocycles. The van der Waals surface area contributed by atoms with Crippen LogP contribution in [0.1, 0.15) is 44.7 Å². The van der Waals surface area contributed by atoms with E-state index in [2.05, 4.69) is 49.4 Å². The fourth-order valence-corrected chi connectivity index (χ4v) is 2.38. The first-order valence-corrected chi connectivity index (χ1v) is 7.66. The van der Waals surface area contributed by atoms with Crippen LogP contribution in [-0.4, -0.2) is 35.6 Å². The van der Waals surface area contributed by atoms with Crippen LogP contribution in [0, 0.1) is 0 Å². The number of β-amino-alcohol motifs (C(OH)–C–C–N with tert-alkyl or cyclic N) is 1. The quantitative estimate of drug-likeness (QED) is 0.819. The van der Waals surface area contributed by atoms with Gasteiger partial charge >= 0.3 is 0 Å². The number of rotatable bonds is 5. The molecule has 1 aliphatic rings. The van der Waals surface area contributed by atoms with Gasteiger partial charge < -0.3 is 15.3 Å². The molecule has 0 aliphatic heterocycles. The van der Waals surface area contributed by atoms with Gasteiger partial charge in [0.05, 0.1) is 5.71 Å². The van der Waals surface area contributed by atoms with E-state index in [4.69, 9.17) is 4.84 Å². The predicted molar refractivity (Wildman–Crippen MR) is 85.6 cm³/mol. The van der Waals surface area contributed by atoms with Crippen molar-refractivity contribution in [3.05, 3.63) is 35.4 Å². The molecule has 4 nitrogen and oxygen atoms in total. The summed E-state index contributed by atoms with van der Waals surface area (Å²) in [7, 11) is 0. The van der Waals surface area contributed by atoms with Crippen molar-refractivity contribution in [1.82, 2.24) is 5.32 Å². The Bertz CT molecular complexity index is 492. The first-order valence-electron chi connectivity index (χ1n) is 7.66. The van der Waals surface area contributed by atoms with Crippen molar-refractivity contribution in [2.24, 2.45) is 5.16 Å². The van der Waals surface area contributed by atoms with E-state index < -0.39 is 6.10 Å². The minimum absolute atomic E-state index is 0.00478. The van der Waals surface area contributed by atoms with Gasteiger partial charge in [-0.05, 0) is 45.6 Å². The summed E-state index contributed by atoms with van der Waals surface area (Å²) >= 11 is 0. The molecule has 1 aromatic carbocycles. The Morgan fingerprint density at radius 3 is 2.81 bits per heavy atom. The number of nitrogens with zero attached hydrogens (tertiary/aromatic N) is 1. The molecule has 1 aliphatic carbocycles. The highest BCUT2D eigenvalue weighted by Gasteiger charge is 2.16. The summed E-state index contributed by atoms with van der Waals surface area (Å²) in [4.78, 5) is 5.35. The molecule has 1 aromatic rings. The molecule has 116 valence electrons. The molecule has 0 bridgehead atoms. The zero-order valence-corrected chi connectivity index (χ0v) is 13.2. The summed E-state index contributed by atoms with van der Waals surface area (Å²) in [6.45, 7) is 6.93. The number of fused-ring (bicyclic) bond motifs is 1. The van der Waals surface area contributed by atoms with Gasteiger partial charge in [0.2, 0.25) is 0 Å². The highest BCUT2D eigenvalue weighted by Crippen LogP contribution is 2.21. The molecule has 0 saturated heterocycles. The van der Waals surface area contributed by atoms with Crippen LogP contribution < -0.4 is 5.32 Å². The molecule has 0 aromatic heterocycles. The van der Waals surface area contributed by atoms with E-state index in [1.54, 1.807) is 0 Å². The predicted octanol–water partition coefficient (Wildman–Crippen LogP) is 2.49. The van der Waals surface area contributed by atoms with E-state index in [-0.39, 0.29) is 12.1 Å². The standard InChI is InChI=1S/C17H26N2O2/c1-17(2,3)18-11-14(20)12-21-19-16-10-6-8-13-7-4-5-9-15(13)16/h4-5,7,9,14,18,20H,6,8,10-12H2,1-3H3/b19-16+. The van der Waals surface area contributed by atoms with E-state index in [9.17, 15) is 5.11 Å². The largest absolute Gasteiger partial charge is 0.393 e. The summed E-state index contributed by atoms with van der Waals surface area (Å²) in [5.74, 6) is 0. The Morgan fingerprint density at radius 1 is 1.29 bits per heavy atom. The van der Waals surface area contributed by atoms with Gasteiger partial charge in [-0.2, -0.15) is 0 Å². The normalized spacial score (nSPS) is 18.4. The molecule has 4 heteroatoms. The van der Waals surface area contributed by atoms with Crippen LogP contribution in [0.5, 0.6) is 0 Å². The molecule has 0 amide bonds. The smallest absolute Gasteiger partial charge is 0.144 e. The fraction of sp³-hybridized carbons (Fsp3) is 0.588. The highest BCUT2D eigenvalue weighted by molar-refractivity contribution is 6.02. The topological polar surface area (TPSA) is 53.8 Å². The van der Waals surface area contributed by atoms with Crippen LogP contribution >= 0.6 is 0 Å². The van der Waals surface area contributed by atoms with E-state index in [0.29, 0.717) is 6.54 Å². The van der Waals surface area contributed by atoms with Crippen LogP contribution in [0.15, 0.2) is 29.4 Å². The highest BCUT2D eigenvalue weighted by atomic mass is 16.6. The van der Waals surface area contributed by atoms with Crippen molar-refractivity contribution in [3.8, 4) is 0 Å². The van der Waals surface area contributed by atoms with Gasteiger partial charge in [-0.15, -0.1) is 0 Å². The van der Waals surface area contributed by atoms with Crippen molar-refractivity contribution in [1.29, 1.82) is 0 Å². The van der Waals surface area contributed by atoms with Gasteiger partial charge in [-0.25, -0.2) is 0 Å². The van der Waals surface area contributed by atoms with E-state index in [1.165, 1.54) is 11.1 Å². The zero-order chi connectivity index (χ0) is 15.3. The Hall–Kier alpha value is -1.39. The number of aliphatic hydroxyl groups is 1. The molecule has 0 fully saturated rings. The average molecular weight is 290 g/mol. The Morgan fingerprint density at radius 2 is 2.05 bits per heavy atom. The van der Waals surface area contributed by atoms with Gasteiger partial charge in [-0.1, -0.05) is 29.4 Å². The molecule has 21 heavy (non-hydrogen) atoms. The van der Waals surface area contributed by atoms with Crippen LogP contribution in [0.25, 0.3) is 0 Å². The molecular weight excluding hydrogens is 264 g/mol. The zero-order valence-electron chi connectivity index (χ0n) is 13.2. The summed E-state index contributed by atoms with van der Waals surface area (Å²) in [6, 6.07) is 8.33. The monoisotopic (exact) mass is 290 g/mol. The summed E-state index contributed by atoms with van der Waals surface area (Å²) in [5.41, 5.74) is 3.51. The number of hydrogen-bond acceptors (Lipinski definition) is 4. The van der Waals surface area contributed by atoms with Gasteiger partial charge in [-0.3, -0.25) is 0 Å². The Kier molecular flexibility index (Phi) is 5.37. The summed E-state index contributed by atoms with van der Waals surface area (Å²) in [5, 5.41) is 17.4. The molecule has 1 unspecified atom stereocenters. The average Bonchev–Trinajstić information content (AvgIpc) is 2.45. The molecule has 2 rings (SSSR count). The first kappa shape index (κ1) is 16.0. The minimum Gasteiger partial charge on any atom is -0.393 e. The van der Waals surface area contributed by atoms with E-state index in [0.717, 1.165) is 25.0 Å². The third kappa shape index (κ3) is 5.14. The second kappa shape index (κ2) is 7.05. The SMILES string of the molecule is CC(C)(C)NCC(O)CO/N=C1\CCCc2ccccc21. The molecular formula is C17H26N2O2. The fourth-order valence-electron chi connectivity index (χ4n) is 2.38. The molecule has 0 spiro atoms. The number of oxime groups is 1. The van der Waals surface area contributed by atoms with E-state index >= 15 is 0 Å².